The molecule has 114 valence electrons. The molecule has 0 radical (unpaired) electrons. The number of anilines is 2. The van der Waals surface area contributed by atoms with Crippen molar-refractivity contribution < 1.29 is 4.79 Å². The average molecular weight is 317 g/mol. The van der Waals surface area contributed by atoms with Gasteiger partial charge in [0.2, 0.25) is 0 Å². The molecule has 2 heterocycles. The molecule has 5 nitrogen and oxygen atoms in total. The van der Waals surface area contributed by atoms with E-state index in [0.717, 1.165) is 37.9 Å². The fraction of sp³-hybridized carbons (Fsp3) is 0.312. The maximum atomic E-state index is 10.8. The highest BCUT2D eigenvalue weighted by molar-refractivity contribution is 6.29. The monoisotopic (exact) mass is 316 g/mol. The van der Waals surface area contributed by atoms with Crippen LogP contribution in [-0.4, -0.2) is 29.6 Å². The molecule has 1 saturated heterocycles. The van der Waals surface area contributed by atoms with Crippen LogP contribution in [0.2, 0.25) is 5.15 Å². The molecular formula is C16H17ClN4O. The van der Waals surface area contributed by atoms with Gasteiger partial charge in [0.25, 0.3) is 0 Å². The molecule has 0 bridgehead atoms. The lowest BCUT2D eigenvalue weighted by molar-refractivity contribution is 0.112. The van der Waals surface area contributed by atoms with E-state index >= 15 is 0 Å². The van der Waals surface area contributed by atoms with E-state index < -0.39 is 0 Å². The normalized spacial score (nSPS) is 18.2. The number of nitrogens with zero attached hydrogens (tertiary/aromatic N) is 3. The van der Waals surface area contributed by atoms with Gasteiger partial charge in [0.05, 0.1) is 5.69 Å². The molecule has 3 rings (SSSR count). The molecule has 2 aromatic rings. The summed E-state index contributed by atoms with van der Waals surface area (Å²) in [6.45, 7) is 1.78. The Kier molecular flexibility index (Phi) is 4.24. The number of halogens is 1. The van der Waals surface area contributed by atoms with Crippen molar-refractivity contribution in [1.29, 1.82) is 0 Å². The Hall–Kier alpha value is -2.14. The first-order chi connectivity index (χ1) is 10.7. The zero-order chi connectivity index (χ0) is 15.5. The molecule has 1 aliphatic heterocycles. The summed E-state index contributed by atoms with van der Waals surface area (Å²) in [6, 6.07) is 9.54. The third-order valence-electron chi connectivity index (χ3n) is 4.08. The lowest BCUT2D eigenvalue weighted by Crippen LogP contribution is -2.35. The molecular weight excluding hydrogens is 300 g/mol. The van der Waals surface area contributed by atoms with Crippen LogP contribution in [0.4, 0.5) is 11.5 Å². The van der Waals surface area contributed by atoms with E-state index in [1.807, 2.05) is 24.3 Å². The van der Waals surface area contributed by atoms with Crippen LogP contribution in [-0.2, 0) is 0 Å². The van der Waals surface area contributed by atoms with Gasteiger partial charge in [-0.25, -0.2) is 0 Å². The number of nitrogens with two attached hydrogens (primary N) is 1. The van der Waals surface area contributed by atoms with Gasteiger partial charge in [0, 0.05) is 30.6 Å². The second-order valence-electron chi connectivity index (χ2n) is 5.51. The Morgan fingerprint density at radius 1 is 1.27 bits per heavy atom. The van der Waals surface area contributed by atoms with Gasteiger partial charge in [-0.15, -0.1) is 10.2 Å². The second kappa shape index (κ2) is 6.32. The molecule has 22 heavy (non-hydrogen) atoms. The van der Waals surface area contributed by atoms with Crippen LogP contribution in [0.5, 0.6) is 0 Å². The quantitative estimate of drug-likeness (QED) is 0.881. The first-order valence-electron chi connectivity index (χ1n) is 7.26. The van der Waals surface area contributed by atoms with Gasteiger partial charge in [0.1, 0.15) is 6.29 Å². The van der Waals surface area contributed by atoms with Crippen molar-refractivity contribution in [3.63, 3.8) is 0 Å². The molecule has 1 atom stereocenters. The fourth-order valence-electron chi connectivity index (χ4n) is 2.94. The van der Waals surface area contributed by atoms with Gasteiger partial charge >= 0.3 is 0 Å². The fourth-order valence-corrected chi connectivity index (χ4v) is 3.08. The lowest BCUT2D eigenvalue weighted by atomic mass is 9.90. The molecule has 1 fully saturated rings. The van der Waals surface area contributed by atoms with Crippen LogP contribution < -0.4 is 10.6 Å². The molecule has 0 amide bonds. The third kappa shape index (κ3) is 3.04. The highest BCUT2D eigenvalue weighted by Crippen LogP contribution is 2.32. The topological polar surface area (TPSA) is 72.1 Å². The Balaban J connectivity index is 1.81. The van der Waals surface area contributed by atoms with Gasteiger partial charge in [-0.05, 0) is 18.4 Å². The summed E-state index contributed by atoms with van der Waals surface area (Å²) in [5.74, 6) is 0.808. The lowest BCUT2D eigenvalue weighted by Gasteiger charge is -2.35. The van der Waals surface area contributed by atoms with E-state index in [2.05, 4.69) is 15.1 Å². The highest BCUT2D eigenvalue weighted by Gasteiger charge is 2.23. The van der Waals surface area contributed by atoms with E-state index in [4.69, 9.17) is 17.3 Å². The minimum Gasteiger partial charge on any atom is -0.380 e. The summed E-state index contributed by atoms with van der Waals surface area (Å²) in [6.07, 6.45) is 3.05. The predicted octanol–water partition coefficient (Wildman–Crippen LogP) is 2.91. The minimum atomic E-state index is 0.349. The molecule has 0 aliphatic carbocycles. The van der Waals surface area contributed by atoms with Crippen molar-refractivity contribution in [3.8, 4) is 0 Å². The summed E-state index contributed by atoms with van der Waals surface area (Å²) in [7, 11) is 0. The summed E-state index contributed by atoms with van der Waals surface area (Å²) < 4.78 is 0. The van der Waals surface area contributed by atoms with Crippen molar-refractivity contribution in [2.45, 2.75) is 18.8 Å². The van der Waals surface area contributed by atoms with Crippen LogP contribution in [0.25, 0.3) is 0 Å². The second-order valence-corrected chi connectivity index (χ2v) is 5.89. The van der Waals surface area contributed by atoms with Gasteiger partial charge in [-0.3, -0.25) is 4.79 Å². The molecule has 2 N–H and O–H groups in total. The van der Waals surface area contributed by atoms with Crippen LogP contribution >= 0.6 is 11.6 Å². The van der Waals surface area contributed by atoms with Crippen LogP contribution in [0.15, 0.2) is 30.3 Å². The summed E-state index contributed by atoms with van der Waals surface area (Å²) in [5, 5.41) is 8.00. The van der Waals surface area contributed by atoms with E-state index in [-0.39, 0.29) is 0 Å². The number of aldehydes is 1. The Labute approximate surface area is 134 Å². The number of carbonyl (C=O) groups is 1. The summed E-state index contributed by atoms with van der Waals surface area (Å²) in [5.41, 5.74) is 8.71. The number of piperidine rings is 1. The summed E-state index contributed by atoms with van der Waals surface area (Å²) in [4.78, 5) is 13.0. The average Bonchev–Trinajstić information content (AvgIpc) is 2.57. The van der Waals surface area contributed by atoms with E-state index in [9.17, 15) is 4.79 Å². The number of hydrogen-bond donors (Lipinski definition) is 1. The highest BCUT2D eigenvalue weighted by atomic mass is 35.5. The number of aromatic nitrogens is 2. The van der Waals surface area contributed by atoms with Crippen molar-refractivity contribution in [3.05, 3.63) is 46.6 Å². The molecule has 0 unspecified atom stereocenters. The zero-order valence-corrected chi connectivity index (χ0v) is 12.8. The minimum absolute atomic E-state index is 0.349. The van der Waals surface area contributed by atoms with Gasteiger partial charge in [-0.1, -0.05) is 35.9 Å². The molecule has 1 aliphatic rings. The first kappa shape index (κ1) is 14.8. The van der Waals surface area contributed by atoms with E-state index in [0.29, 0.717) is 22.5 Å². The van der Waals surface area contributed by atoms with E-state index in [1.165, 1.54) is 5.56 Å². The van der Waals surface area contributed by atoms with E-state index in [1.54, 1.807) is 6.07 Å². The van der Waals surface area contributed by atoms with Crippen LogP contribution in [0.1, 0.15) is 34.7 Å². The molecule has 0 saturated carbocycles. The van der Waals surface area contributed by atoms with Gasteiger partial charge in [0.15, 0.2) is 11.0 Å². The van der Waals surface area contributed by atoms with Gasteiger partial charge in [-0.2, -0.15) is 0 Å². The molecule has 1 aromatic carbocycles. The number of rotatable bonds is 3. The maximum Gasteiger partial charge on any atom is 0.169 e. The van der Waals surface area contributed by atoms with Gasteiger partial charge < -0.3 is 10.6 Å². The van der Waals surface area contributed by atoms with Crippen molar-refractivity contribution in [2.75, 3.05) is 23.7 Å². The molecule has 6 heteroatoms. The van der Waals surface area contributed by atoms with Crippen molar-refractivity contribution in [2.24, 2.45) is 0 Å². The smallest absolute Gasteiger partial charge is 0.169 e. The SMILES string of the molecule is Nc1nnc(Cl)cc1N1CCC[C@@H](c2ccc(C=O)cc2)C1. The Morgan fingerprint density at radius 3 is 2.77 bits per heavy atom. The maximum absolute atomic E-state index is 10.8. The largest absolute Gasteiger partial charge is 0.380 e. The molecule has 0 spiro atoms. The summed E-state index contributed by atoms with van der Waals surface area (Å²) >= 11 is 5.93. The standard InChI is InChI=1S/C16H17ClN4O/c17-15-8-14(16(18)20-19-15)21-7-1-2-13(9-21)12-5-3-11(10-22)4-6-12/h3-6,8,10,13H,1-2,7,9H2,(H2,18,20)/t13-/m1/s1. The Bertz CT molecular complexity index is 674. The molecule has 1 aromatic heterocycles. The zero-order valence-electron chi connectivity index (χ0n) is 12.1. The number of benzene rings is 1. The van der Waals surface area contributed by atoms with Crippen molar-refractivity contribution >= 4 is 29.4 Å². The number of hydrogen-bond acceptors (Lipinski definition) is 5. The van der Waals surface area contributed by atoms with Crippen LogP contribution in [0.3, 0.4) is 0 Å². The Morgan fingerprint density at radius 2 is 2.05 bits per heavy atom. The predicted molar refractivity (Wildman–Crippen MR) is 87.5 cm³/mol. The number of nitrogen functional groups attached to an aromatic ring is 1. The van der Waals surface area contributed by atoms with Crippen molar-refractivity contribution in [1.82, 2.24) is 10.2 Å². The third-order valence-corrected chi connectivity index (χ3v) is 4.26. The first-order valence-corrected chi connectivity index (χ1v) is 7.64. The number of carbonyl (C=O) groups excluding carboxylic acids is 1. The van der Waals surface area contributed by atoms with Crippen LogP contribution in [0, 0.1) is 0 Å².